The number of carboxylic acids is 1. The maximum Gasteiger partial charge on any atom is 0.310 e. The molecule has 3 nitrogen and oxygen atoms in total. The van der Waals surface area contributed by atoms with Gasteiger partial charge in [-0.25, -0.2) is 0 Å². The molecule has 16 heavy (non-hydrogen) atoms. The predicted molar refractivity (Wildman–Crippen MR) is 67.7 cm³/mol. The summed E-state index contributed by atoms with van der Waals surface area (Å²) in [6.07, 6.45) is 3.60. The van der Waals surface area contributed by atoms with Gasteiger partial charge in [0.25, 0.3) is 0 Å². The molecule has 0 aromatic rings. The molecule has 0 aromatic heterocycles. The highest BCUT2D eigenvalue weighted by molar-refractivity contribution is 5.74. The second kappa shape index (κ2) is 7.66. The van der Waals surface area contributed by atoms with E-state index in [2.05, 4.69) is 18.7 Å². The van der Waals surface area contributed by atoms with E-state index >= 15 is 0 Å². The first kappa shape index (κ1) is 15.4. The molecule has 0 aliphatic rings. The molecular formula is C13H27NO2. The minimum absolute atomic E-state index is 0.551. The molecule has 0 unspecified atom stereocenters. The summed E-state index contributed by atoms with van der Waals surface area (Å²) < 4.78 is 0. The van der Waals surface area contributed by atoms with Gasteiger partial charge >= 0.3 is 5.97 Å². The molecule has 0 fully saturated rings. The Bertz CT molecular complexity index is 194. The first-order valence-electron chi connectivity index (χ1n) is 6.52. The Hall–Kier alpha value is -0.570. The van der Waals surface area contributed by atoms with Gasteiger partial charge in [-0.05, 0) is 38.8 Å². The third-order valence-corrected chi connectivity index (χ3v) is 3.41. The molecule has 0 atom stereocenters. The van der Waals surface area contributed by atoms with Crippen LogP contribution in [0.5, 0.6) is 0 Å². The summed E-state index contributed by atoms with van der Waals surface area (Å²) in [5.41, 5.74) is -0.551. The summed E-state index contributed by atoms with van der Waals surface area (Å²) in [6, 6.07) is 0. The highest BCUT2D eigenvalue weighted by Crippen LogP contribution is 2.28. The number of hydrogen-bond donors (Lipinski definition) is 1. The first-order valence-corrected chi connectivity index (χ1v) is 6.52. The predicted octanol–water partition coefficient (Wildman–Crippen LogP) is 3.00. The Morgan fingerprint density at radius 2 is 1.50 bits per heavy atom. The summed E-state index contributed by atoms with van der Waals surface area (Å²) in [5, 5.41) is 9.38. The average molecular weight is 229 g/mol. The Morgan fingerprint density at radius 3 is 1.75 bits per heavy atom. The lowest BCUT2D eigenvalue weighted by Crippen LogP contribution is -2.43. The van der Waals surface area contributed by atoms with Crippen LogP contribution in [-0.2, 0) is 4.79 Å². The summed E-state index contributed by atoms with van der Waals surface area (Å²) in [7, 11) is 0. The Balaban J connectivity index is 4.61. The summed E-state index contributed by atoms with van der Waals surface area (Å²) in [6.45, 7) is 10.9. The van der Waals surface area contributed by atoms with Gasteiger partial charge in [-0.15, -0.1) is 0 Å². The zero-order chi connectivity index (χ0) is 12.6. The molecule has 0 saturated carbocycles. The maximum absolute atomic E-state index is 11.4. The molecule has 0 bridgehead atoms. The quantitative estimate of drug-likeness (QED) is 0.660. The Kier molecular flexibility index (Phi) is 7.39. The Labute approximate surface area is 99.8 Å². The third kappa shape index (κ3) is 4.12. The van der Waals surface area contributed by atoms with Crippen LogP contribution in [0.25, 0.3) is 0 Å². The fourth-order valence-corrected chi connectivity index (χ4v) is 2.17. The number of rotatable bonds is 9. The van der Waals surface area contributed by atoms with Crippen molar-refractivity contribution in [3.05, 3.63) is 0 Å². The van der Waals surface area contributed by atoms with Gasteiger partial charge in [-0.3, -0.25) is 4.79 Å². The van der Waals surface area contributed by atoms with Crippen LogP contribution in [0.15, 0.2) is 0 Å². The number of nitrogens with zero attached hydrogens (tertiary/aromatic N) is 1. The molecule has 0 aliphatic heterocycles. The normalized spacial score (nSPS) is 12.1. The van der Waals surface area contributed by atoms with E-state index in [-0.39, 0.29) is 0 Å². The van der Waals surface area contributed by atoms with Crippen LogP contribution in [0.1, 0.15) is 53.4 Å². The summed E-state index contributed by atoms with van der Waals surface area (Å²) in [5.74, 6) is -0.644. The van der Waals surface area contributed by atoms with Crippen LogP contribution < -0.4 is 0 Å². The highest BCUT2D eigenvalue weighted by Gasteiger charge is 2.36. The van der Waals surface area contributed by atoms with Crippen molar-refractivity contribution >= 4 is 5.97 Å². The molecule has 0 rings (SSSR count). The van der Waals surface area contributed by atoms with Crippen LogP contribution in [0.4, 0.5) is 0 Å². The van der Waals surface area contributed by atoms with Gasteiger partial charge in [0.05, 0.1) is 5.41 Å². The topological polar surface area (TPSA) is 40.5 Å². The maximum atomic E-state index is 11.4. The van der Waals surface area contributed by atoms with E-state index in [1.54, 1.807) is 0 Å². The van der Waals surface area contributed by atoms with Crippen LogP contribution >= 0.6 is 0 Å². The molecule has 3 heteroatoms. The van der Waals surface area contributed by atoms with Crippen LogP contribution in [0, 0.1) is 5.41 Å². The smallest absolute Gasteiger partial charge is 0.310 e. The Morgan fingerprint density at radius 1 is 1.06 bits per heavy atom. The van der Waals surface area contributed by atoms with Gasteiger partial charge in [0.2, 0.25) is 0 Å². The number of carboxylic acid groups (broad SMARTS) is 1. The molecule has 0 spiro atoms. The van der Waals surface area contributed by atoms with E-state index in [1.165, 1.54) is 0 Å². The fraction of sp³-hybridized carbons (Fsp3) is 0.923. The number of hydrogen-bond acceptors (Lipinski definition) is 2. The minimum atomic E-state index is -0.644. The van der Waals surface area contributed by atoms with E-state index in [1.807, 2.05) is 13.8 Å². The number of carbonyl (C=O) groups is 1. The van der Waals surface area contributed by atoms with Crippen LogP contribution in [0.2, 0.25) is 0 Å². The zero-order valence-corrected chi connectivity index (χ0v) is 11.3. The van der Waals surface area contributed by atoms with Crippen molar-refractivity contribution in [3.63, 3.8) is 0 Å². The fourth-order valence-electron chi connectivity index (χ4n) is 2.17. The highest BCUT2D eigenvalue weighted by atomic mass is 16.4. The molecular weight excluding hydrogens is 202 g/mol. The van der Waals surface area contributed by atoms with Crippen molar-refractivity contribution in [1.82, 2.24) is 4.90 Å². The van der Waals surface area contributed by atoms with Gasteiger partial charge in [0, 0.05) is 6.54 Å². The zero-order valence-electron chi connectivity index (χ0n) is 11.3. The molecule has 0 saturated heterocycles. The van der Waals surface area contributed by atoms with E-state index in [0.717, 1.165) is 25.9 Å². The number of aliphatic carboxylic acids is 1. The van der Waals surface area contributed by atoms with E-state index < -0.39 is 11.4 Å². The largest absolute Gasteiger partial charge is 0.481 e. The lowest BCUT2D eigenvalue weighted by Gasteiger charge is -2.33. The molecule has 0 amide bonds. The lowest BCUT2D eigenvalue weighted by atomic mass is 9.82. The van der Waals surface area contributed by atoms with Crippen molar-refractivity contribution in [2.24, 2.45) is 5.41 Å². The standard InChI is InChI=1S/C13H27NO2/c1-5-9-14(10-6-2)11-13(7-3,8-4)12(15)16/h5-11H2,1-4H3,(H,15,16). The molecule has 0 radical (unpaired) electrons. The van der Waals surface area contributed by atoms with Crippen LogP contribution in [0.3, 0.4) is 0 Å². The molecule has 0 aromatic carbocycles. The average Bonchev–Trinajstić information content (AvgIpc) is 2.26. The van der Waals surface area contributed by atoms with Gasteiger partial charge in [0.15, 0.2) is 0 Å². The third-order valence-electron chi connectivity index (χ3n) is 3.41. The molecule has 0 heterocycles. The van der Waals surface area contributed by atoms with Gasteiger partial charge in [0.1, 0.15) is 0 Å². The van der Waals surface area contributed by atoms with Crippen molar-refractivity contribution in [3.8, 4) is 0 Å². The van der Waals surface area contributed by atoms with Gasteiger partial charge < -0.3 is 10.0 Å². The van der Waals surface area contributed by atoms with Crippen molar-refractivity contribution in [2.75, 3.05) is 19.6 Å². The van der Waals surface area contributed by atoms with E-state index in [0.29, 0.717) is 19.4 Å². The molecule has 1 N–H and O–H groups in total. The second-order valence-corrected chi connectivity index (χ2v) is 4.57. The van der Waals surface area contributed by atoms with E-state index in [9.17, 15) is 9.90 Å². The van der Waals surface area contributed by atoms with Crippen LogP contribution in [-0.4, -0.2) is 35.6 Å². The summed E-state index contributed by atoms with van der Waals surface area (Å²) >= 11 is 0. The lowest BCUT2D eigenvalue weighted by molar-refractivity contribution is -0.150. The van der Waals surface area contributed by atoms with Crippen molar-refractivity contribution in [2.45, 2.75) is 53.4 Å². The monoisotopic (exact) mass is 229 g/mol. The van der Waals surface area contributed by atoms with Crippen molar-refractivity contribution in [1.29, 1.82) is 0 Å². The molecule has 96 valence electrons. The second-order valence-electron chi connectivity index (χ2n) is 4.57. The van der Waals surface area contributed by atoms with Gasteiger partial charge in [-0.2, -0.15) is 0 Å². The van der Waals surface area contributed by atoms with Gasteiger partial charge in [-0.1, -0.05) is 27.7 Å². The first-order chi connectivity index (χ1) is 7.56. The molecule has 0 aliphatic carbocycles. The van der Waals surface area contributed by atoms with Crippen molar-refractivity contribution < 1.29 is 9.90 Å². The minimum Gasteiger partial charge on any atom is -0.481 e. The SMILES string of the molecule is CCCN(CCC)CC(CC)(CC)C(=O)O. The van der Waals surface area contributed by atoms with E-state index in [4.69, 9.17) is 0 Å². The summed E-state index contributed by atoms with van der Waals surface area (Å²) in [4.78, 5) is 13.7.